The molecule has 0 saturated heterocycles. The fraction of sp³-hybridized carbons (Fsp3) is 0.125. The standard InChI is InChI=1S/C8H6ClIO2/c1-4(11)5-2-3-6(9)7(10)8(5)12/h2-3,12H,1H3. The predicted molar refractivity (Wildman–Crippen MR) is 55.8 cm³/mol. The van der Waals surface area contributed by atoms with Gasteiger partial charge in [-0.05, 0) is 41.6 Å². The maximum atomic E-state index is 10.9. The first kappa shape index (κ1) is 9.80. The summed E-state index contributed by atoms with van der Waals surface area (Å²) in [6.07, 6.45) is 0. The predicted octanol–water partition coefficient (Wildman–Crippen LogP) is 2.85. The number of hydrogen-bond donors (Lipinski definition) is 1. The van der Waals surface area contributed by atoms with Crippen LogP contribution in [0.1, 0.15) is 17.3 Å². The van der Waals surface area contributed by atoms with E-state index in [-0.39, 0.29) is 11.5 Å². The number of phenols is 1. The minimum absolute atomic E-state index is 0.0319. The molecule has 1 aromatic rings. The number of benzene rings is 1. The summed E-state index contributed by atoms with van der Waals surface area (Å²) in [5.74, 6) is -0.197. The molecule has 0 radical (unpaired) electrons. The molecule has 0 spiro atoms. The van der Waals surface area contributed by atoms with Crippen LogP contribution in [0.5, 0.6) is 5.75 Å². The number of carbonyl (C=O) groups excluding carboxylic acids is 1. The van der Waals surface area contributed by atoms with Gasteiger partial charge >= 0.3 is 0 Å². The average Bonchev–Trinajstić information content (AvgIpc) is 2.00. The van der Waals surface area contributed by atoms with Crippen LogP contribution in [0.4, 0.5) is 0 Å². The SMILES string of the molecule is CC(=O)c1ccc(Cl)c(I)c1O. The van der Waals surface area contributed by atoms with Gasteiger partial charge in [0.05, 0.1) is 14.2 Å². The van der Waals surface area contributed by atoms with Crippen molar-refractivity contribution >= 4 is 40.0 Å². The first-order valence-corrected chi connectivity index (χ1v) is 4.67. The molecule has 0 saturated carbocycles. The molecule has 64 valence electrons. The summed E-state index contributed by atoms with van der Waals surface area (Å²) in [5.41, 5.74) is 0.309. The quantitative estimate of drug-likeness (QED) is 0.639. The Balaban J connectivity index is 3.36. The molecule has 0 atom stereocenters. The third kappa shape index (κ3) is 1.72. The van der Waals surface area contributed by atoms with Crippen LogP contribution in [-0.4, -0.2) is 10.9 Å². The molecule has 1 N–H and O–H groups in total. The van der Waals surface area contributed by atoms with Crippen molar-refractivity contribution in [1.29, 1.82) is 0 Å². The molecule has 1 aromatic carbocycles. The molecule has 0 bridgehead atoms. The Bertz CT molecular complexity index is 336. The molecule has 0 aromatic heterocycles. The molecule has 0 heterocycles. The van der Waals surface area contributed by atoms with E-state index in [4.69, 9.17) is 11.6 Å². The van der Waals surface area contributed by atoms with Crippen LogP contribution in [0.15, 0.2) is 12.1 Å². The number of ketones is 1. The number of halogens is 2. The normalized spacial score (nSPS) is 9.92. The van der Waals surface area contributed by atoms with E-state index in [9.17, 15) is 9.90 Å². The highest BCUT2D eigenvalue weighted by atomic mass is 127. The van der Waals surface area contributed by atoms with E-state index < -0.39 is 0 Å². The van der Waals surface area contributed by atoms with Crippen molar-refractivity contribution < 1.29 is 9.90 Å². The molecule has 0 aliphatic heterocycles. The molecule has 2 nitrogen and oxygen atoms in total. The van der Waals surface area contributed by atoms with E-state index in [0.29, 0.717) is 14.2 Å². The number of aromatic hydroxyl groups is 1. The van der Waals surface area contributed by atoms with Gasteiger partial charge in [-0.3, -0.25) is 4.79 Å². The molecule has 0 unspecified atom stereocenters. The molecule has 1 rings (SSSR count). The monoisotopic (exact) mass is 296 g/mol. The van der Waals surface area contributed by atoms with E-state index in [1.54, 1.807) is 6.07 Å². The summed E-state index contributed by atoms with van der Waals surface area (Å²) in [6.45, 7) is 1.40. The maximum Gasteiger partial charge on any atom is 0.163 e. The second kappa shape index (κ2) is 3.62. The summed E-state index contributed by atoms with van der Waals surface area (Å²) in [5, 5.41) is 9.89. The fourth-order valence-electron chi connectivity index (χ4n) is 0.824. The van der Waals surface area contributed by atoms with Gasteiger partial charge in [-0.15, -0.1) is 0 Å². The lowest BCUT2D eigenvalue weighted by molar-refractivity contribution is 0.101. The smallest absolute Gasteiger partial charge is 0.163 e. The van der Waals surface area contributed by atoms with Crippen molar-refractivity contribution in [2.24, 2.45) is 0 Å². The zero-order chi connectivity index (χ0) is 9.30. The minimum atomic E-state index is -0.165. The van der Waals surface area contributed by atoms with Crippen LogP contribution in [-0.2, 0) is 0 Å². The third-order valence-electron chi connectivity index (χ3n) is 1.45. The molecule has 4 heteroatoms. The van der Waals surface area contributed by atoms with Gasteiger partial charge in [-0.25, -0.2) is 0 Å². The number of rotatable bonds is 1. The Kier molecular flexibility index (Phi) is 2.95. The van der Waals surface area contributed by atoms with Gasteiger partial charge in [0.1, 0.15) is 5.75 Å². The molecule has 0 fully saturated rings. The second-order valence-electron chi connectivity index (χ2n) is 2.31. The number of phenolic OH excluding ortho intramolecular Hbond substituents is 1. The number of carbonyl (C=O) groups is 1. The van der Waals surface area contributed by atoms with Gasteiger partial charge in [-0.2, -0.15) is 0 Å². The lowest BCUT2D eigenvalue weighted by atomic mass is 10.1. The van der Waals surface area contributed by atoms with Gasteiger partial charge in [0.15, 0.2) is 5.78 Å². The van der Waals surface area contributed by atoms with E-state index in [1.807, 2.05) is 22.6 Å². The van der Waals surface area contributed by atoms with Crippen LogP contribution < -0.4 is 0 Å². The van der Waals surface area contributed by atoms with Crippen molar-refractivity contribution in [2.75, 3.05) is 0 Å². The summed E-state index contributed by atoms with van der Waals surface area (Å²) < 4.78 is 0.516. The first-order chi connectivity index (χ1) is 5.54. The zero-order valence-electron chi connectivity index (χ0n) is 6.27. The largest absolute Gasteiger partial charge is 0.506 e. The first-order valence-electron chi connectivity index (χ1n) is 3.22. The van der Waals surface area contributed by atoms with Gasteiger partial charge in [0.25, 0.3) is 0 Å². The van der Waals surface area contributed by atoms with Crippen molar-refractivity contribution in [1.82, 2.24) is 0 Å². The second-order valence-corrected chi connectivity index (χ2v) is 3.80. The summed E-state index contributed by atoms with van der Waals surface area (Å²) in [6, 6.07) is 3.11. The van der Waals surface area contributed by atoms with Crippen LogP contribution in [0.2, 0.25) is 5.02 Å². The number of hydrogen-bond acceptors (Lipinski definition) is 2. The topological polar surface area (TPSA) is 37.3 Å². The lowest BCUT2D eigenvalue weighted by Gasteiger charge is -2.03. The fourth-order valence-corrected chi connectivity index (χ4v) is 1.45. The maximum absolute atomic E-state index is 10.9. The van der Waals surface area contributed by atoms with Crippen LogP contribution in [0, 0.1) is 3.57 Å². The molecule has 0 aliphatic rings. The van der Waals surface area contributed by atoms with Gasteiger partial charge in [0, 0.05) is 0 Å². The zero-order valence-corrected chi connectivity index (χ0v) is 9.18. The van der Waals surface area contributed by atoms with Gasteiger partial charge < -0.3 is 5.11 Å². The highest BCUT2D eigenvalue weighted by molar-refractivity contribution is 14.1. The Morgan fingerprint density at radius 1 is 1.58 bits per heavy atom. The molecule has 0 amide bonds. The Hall–Kier alpha value is -0.290. The van der Waals surface area contributed by atoms with Crippen molar-refractivity contribution in [3.63, 3.8) is 0 Å². The molecular weight excluding hydrogens is 290 g/mol. The minimum Gasteiger partial charge on any atom is -0.506 e. The lowest BCUT2D eigenvalue weighted by Crippen LogP contribution is -1.94. The van der Waals surface area contributed by atoms with E-state index in [2.05, 4.69) is 0 Å². The van der Waals surface area contributed by atoms with E-state index in [1.165, 1.54) is 13.0 Å². The van der Waals surface area contributed by atoms with Gasteiger partial charge in [-0.1, -0.05) is 11.6 Å². The number of Topliss-reactive ketones (excluding diaryl/α,β-unsaturated/α-hetero) is 1. The Labute approximate surface area is 88.7 Å². The highest BCUT2D eigenvalue weighted by Crippen LogP contribution is 2.30. The van der Waals surface area contributed by atoms with Gasteiger partial charge in [0.2, 0.25) is 0 Å². The van der Waals surface area contributed by atoms with Crippen molar-refractivity contribution in [2.45, 2.75) is 6.92 Å². The summed E-state index contributed by atoms with van der Waals surface area (Å²) in [7, 11) is 0. The molecule has 12 heavy (non-hydrogen) atoms. The summed E-state index contributed by atoms with van der Waals surface area (Å²) >= 11 is 7.61. The molecular formula is C8H6ClIO2. The highest BCUT2D eigenvalue weighted by Gasteiger charge is 2.11. The third-order valence-corrected chi connectivity index (χ3v) is 3.17. The average molecular weight is 296 g/mol. The van der Waals surface area contributed by atoms with Crippen molar-refractivity contribution in [3.8, 4) is 5.75 Å². The summed E-state index contributed by atoms with van der Waals surface area (Å²) in [4.78, 5) is 10.9. The van der Waals surface area contributed by atoms with Crippen LogP contribution in [0.25, 0.3) is 0 Å². The van der Waals surface area contributed by atoms with E-state index in [0.717, 1.165) is 0 Å². The Morgan fingerprint density at radius 2 is 2.17 bits per heavy atom. The van der Waals surface area contributed by atoms with Crippen LogP contribution >= 0.6 is 34.2 Å². The van der Waals surface area contributed by atoms with Crippen molar-refractivity contribution in [3.05, 3.63) is 26.3 Å². The van der Waals surface area contributed by atoms with E-state index >= 15 is 0 Å². The Morgan fingerprint density at radius 3 is 2.67 bits per heavy atom. The van der Waals surface area contributed by atoms with Crippen LogP contribution in [0.3, 0.4) is 0 Å². The molecule has 0 aliphatic carbocycles.